The first kappa shape index (κ1) is 18.4. The Bertz CT molecular complexity index is 333. The van der Waals surface area contributed by atoms with Gasteiger partial charge in [-0.1, -0.05) is 6.92 Å². The van der Waals surface area contributed by atoms with Gasteiger partial charge in [0.1, 0.15) is 5.54 Å². The van der Waals surface area contributed by atoms with Crippen LogP contribution in [0.1, 0.15) is 47.0 Å². The number of ether oxygens (including phenoxy) is 1. The van der Waals surface area contributed by atoms with Crippen molar-refractivity contribution in [3.63, 3.8) is 0 Å². The molecular weight excluding hydrogens is 266 g/mol. The molecule has 1 aliphatic rings. The zero-order valence-corrected chi connectivity index (χ0v) is 14.4. The Morgan fingerprint density at radius 3 is 2.76 bits per heavy atom. The summed E-state index contributed by atoms with van der Waals surface area (Å²) < 4.78 is 5.06. The highest BCUT2D eigenvalue weighted by atomic mass is 16.5. The van der Waals surface area contributed by atoms with Crippen molar-refractivity contribution in [2.75, 3.05) is 33.3 Å². The summed E-state index contributed by atoms with van der Waals surface area (Å²) in [7, 11) is 2.12. The first-order chi connectivity index (χ1) is 9.81. The third kappa shape index (κ3) is 5.24. The van der Waals surface area contributed by atoms with Crippen LogP contribution in [0, 0.1) is 0 Å². The summed E-state index contributed by atoms with van der Waals surface area (Å²) in [6.07, 6.45) is 3.17. The van der Waals surface area contributed by atoms with E-state index in [-0.39, 0.29) is 12.0 Å². The highest BCUT2D eigenvalue weighted by Gasteiger charge is 2.34. The van der Waals surface area contributed by atoms with Crippen molar-refractivity contribution in [3.8, 4) is 0 Å². The first-order valence-electron chi connectivity index (χ1n) is 8.22. The zero-order valence-electron chi connectivity index (χ0n) is 14.4. The van der Waals surface area contributed by atoms with Gasteiger partial charge in [-0.05, 0) is 60.2 Å². The summed E-state index contributed by atoms with van der Waals surface area (Å²) in [6.45, 7) is 11.7. The number of likely N-dealkylation sites (N-methyl/N-ethyl adjacent to an activating group) is 2. The largest absolute Gasteiger partial charge is 0.465 e. The molecule has 1 aliphatic heterocycles. The van der Waals surface area contributed by atoms with Crippen molar-refractivity contribution < 1.29 is 9.53 Å². The summed E-state index contributed by atoms with van der Waals surface area (Å²) in [5.41, 5.74) is 5.22. The first-order valence-corrected chi connectivity index (χ1v) is 8.22. The van der Waals surface area contributed by atoms with Crippen LogP contribution < -0.4 is 5.73 Å². The lowest BCUT2D eigenvalue weighted by Gasteiger charge is -2.34. The molecule has 0 radical (unpaired) electrons. The van der Waals surface area contributed by atoms with Crippen LogP contribution in [0.4, 0.5) is 0 Å². The van der Waals surface area contributed by atoms with Crippen LogP contribution in [0.3, 0.4) is 0 Å². The van der Waals surface area contributed by atoms with Crippen molar-refractivity contribution in [2.45, 2.75) is 64.6 Å². The minimum Gasteiger partial charge on any atom is -0.465 e. The lowest BCUT2D eigenvalue weighted by atomic mass is 9.94. The van der Waals surface area contributed by atoms with E-state index in [1.165, 1.54) is 19.4 Å². The molecule has 0 aromatic rings. The Kier molecular flexibility index (Phi) is 7.10. The molecule has 0 spiro atoms. The molecule has 21 heavy (non-hydrogen) atoms. The van der Waals surface area contributed by atoms with E-state index >= 15 is 0 Å². The smallest absolute Gasteiger partial charge is 0.325 e. The molecule has 0 aromatic heterocycles. The maximum Gasteiger partial charge on any atom is 0.325 e. The van der Waals surface area contributed by atoms with Crippen molar-refractivity contribution >= 4 is 5.97 Å². The maximum absolute atomic E-state index is 11.9. The second-order valence-electron chi connectivity index (χ2n) is 6.56. The van der Waals surface area contributed by atoms with Gasteiger partial charge >= 0.3 is 5.97 Å². The molecule has 0 bridgehead atoms. The molecule has 3 unspecified atom stereocenters. The van der Waals surface area contributed by atoms with E-state index in [1.807, 2.05) is 6.92 Å². The molecule has 124 valence electrons. The van der Waals surface area contributed by atoms with E-state index in [2.05, 4.69) is 30.7 Å². The molecule has 3 atom stereocenters. The fourth-order valence-corrected chi connectivity index (χ4v) is 3.18. The predicted octanol–water partition coefficient (Wildman–Crippen LogP) is 1.46. The van der Waals surface area contributed by atoms with Crippen LogP contribution in [0.2, 0.25) is 0 Å². The molecule has 0 amide bonds. The molecule has 5 nitrogen and oxygen atoms in total. The van der Waals surface area contributed by atoms with Crippen LogP contribution in [0.25, 0.3) is 0 Å². The van der Waals surface area contributed by atoms with E-state index in [1.54, 1.807) is 6.92 Å². The van der Waals surface area contributed by atoms with E-state index in [0.717, 1.165) is 13.1 Å². The van der Waals surface area contributed by atoms with E-state index < -0.39 is 5.54 Å². The summed E-state index contributed by atoms with van der Waals surface area (Å²) in [5, 5.41) is 0. The predicted molar refractivity (Wildman–Crippen MR) is 86.2 cm³/mol. The Morgan fingerprint density at radius 1 is 1.52 bits per heavy atom. The normalized spacial score (nSPS) is 24.0. The van der Waals surface area contributed by atoms with Crippen molar-refractivity contribution in [1.29, 1.82) is 0 Å². The van der Waals surface area contributed by atoms with Gasteiger partial charge in [0.2, 0.25) is 0 Å². The van der Waals surface area contributed by atoms with Gasteiger partial charge in [-0.3, -0.25) is 9.69 Å². The average molecular weight is 299 g/mol. The number of nitrogens with two attached hydrogens (primary N) is 1. The van der Waals surface area contributed by atoms with Gasteiger partial charge in [0.25, 0.3) is 0 Å². The molecule has 0 saturated carbocycles. The number of esters is 1. The molecule has 1 fully saturated rings. The van der Waals surface area contributed by atoms with Gasteiger partial charge in [0.05, 0.1) is 6.61 Å². The number of hydrogen-bond acceptors (Lipinski definition) is 5. The van der Waals surface area contributed by atoms with Gasteiger partial charge in [0, 0.05) is 18.6 Å². The van der Waals surface area contributed by atoms with Crippen LogP contribution >= 0.6 is 0 Å². The lowest BCUT2D eigenvalue weighted by molar-refractivity contribution is -0.149. The molecule has 1 saturated heterocycles. The SMILES string of the molecule is CCOC(=O)C(C)(N)CC(C)N(C)CC1CCCN1CC. The standard InChI is InChI=1S/C16H33N3O2/c1-6-19-10-8-9-14(19)12-18(5)13(3)11-16(4,17)15(20)21-7-2/h13-14H,6-12,17H2,1-5H3. The maximum atomic E-state index is 11.9. The summed E-state index contributed by atoms with van der Waals surface area (Å²) in [4.78, 5) is 16.8. The Hall–Kier alpha value is -0.650. The van der Waals surface area contributed by atoms with Crippen LogP contribution in [0.5, 0.6) is 0 Å². The molecular formula is C16H33N3O2. The van der Waals surface area contributed by atoms with Crippen LogP contribution in [-0.2, 0) is 9.53 Å². The highest BCUT2D eigenvalue weighted by Crippen LogP contribution is 2.20. The Balaban J connectivity index is 2.50. The van der Waals surface area contributed by atoms with Gasteiger partial charge < -0.3 is 15.4 Å². The average Bonchev–Trinajstić information content (AvgIpc) is 2.85. The fraction of sp³-hybridized carbons (Fsp3) is 0.938. The fourth-order valence-electron chi connectivity index (χ4n) is 3.18. The van der Waals surface area contributed by atoms with Gasteiger partial charge in [-0.2, -0.15) is 0 Å². The van der Waals surface area contributed by atoms with E-state index in [4.69, 9.17) is 10.5 Å². The zero-order chi connectivity index (χ0) is 16.0. The quantitative estimate of drug-likeness (QED) is 0.688. The second-order valence-corrected chi connectivity index (χ2v) is 6.56. The van der Waals surface area contributed by atoms with Crippen LogP contribution in [0.15, 0.2) is 0 Å². The second kappa shape index (κ2) is 8.11. The molecule has 1 heterocycles. The number of carbonyl (C=O) groups is 1. The summed E-state index contributed by atoms with van der Waals surface area (Å²) in [5.74, 6) is -0.304. The topological polar surface area (TPSA) is 58.8 Å². The highest BCUT2D eigenvalue weighted by molar-refractivity contribution is 5.80. The van der Waals surface area contributed by atoms with Gasteiger partial charge in [-0.15, -0.1) is 0 Å². The van der Waals surface area contributed by atoms with Crippen LogP contribution in [-0.4, -0.2) is 66.7 Å². The van der Waals surface area contributed by atoms with Crippen molar-refractivity contribution in [2.24, 2.45) is 5.73 Å². The van der Waals surface area contributed by atoms with E-state index in [9.17, 15) is 4.79 Å². The number of rotatable bonds is 8. The summed E-state index contributed by atoms with van der Waals surface area (Å²) in [6, 6.07) is 0.887. The number of likely N-dealkylation sites (tertiary alicyclic amines) is 1. The Labute approximate surface area is 129 Å². The molecule has 5 heteroatoms. The molecule has 0 aromatic carbocycles. The summed E-state index contributed by atoms with van der Waals surface area (Å²) >= 11 is 0. The number of hydrogen-bond donors (Lipinski definition) is 1. The van der Waals surface area contributed by atoms with Crippen molar-refractivity contribution in [1.82, 2.24) is 9.80 Å². The third-order valence-electron chi connectivity index (χ3n) is 4.62. The van der Waals surface area contributed by atoms with Crippen molar-refractivity contribution in [3.05, 3.63) is 0 Å². The lowest BCUT2D eigenvalue weighted by Crippen LogP contribution is -2.51. The Morgan fingerprint density at radius 2 is 2.19 bits per heavy atom. The molecule has 0 aliphatic carbocycles. The van der Waals surface area contributed by atoms with Gasteiger partial charge in [0.15, 0.2) is 0 Å². The molecule has 2 N–H and O–H groups in total. The molecule has 1 rings (SSSR count). The minimum atomic E-state index is -0.913. The van der Waals surface area contributed by atoms with Gasteiger partial charge in [-0.25, -0.2) is 0 Å². The monoisotopic (exact) mass is 299 g/mol. The number of carbonyl (C=O) groups excluding carboxylic acids is 1. The minimum absolute atomic E-state index is 0.253. The number of nitrogens with zero attached hydrogens (tertiary/aromatic N) is 2. The van der Waals surface area contributed by atoms with E-state index in [0.29, 0.717) is 19.1 Å². The third-order valence-corrected chi connectivity index (χ3v) is 4.62.